The van der Waals surface area contributed by atoms with Crippen LogP contribution in [0.25, 0.3) is 0 Å². The summed E-state index contributed by atoms with van der Waals surface area (Å²) in [5.41, 5.74) is 2.68. The van der Waals surface area contributed by atoms with Crippen LogP contribution in [-0.4, -0.2) is 0 Å². The Bertz CT molecular complexity index is 170. The number of hydrogen-bond acceptors (Lipinski definition) is 0. The number of allylic oxidation sites excluding steroid dienone is 5. The molecule has 0 aliphatic rings. The van der Waals surface area contributed by atoms with Gasteiger partial charge < -0.3 is 0 Å². The molecular weight excluding hydrogens is 204 g/mol. The van der Waals surface area contributed by atoms with Gasteiger partial charge in [-0.3, -0.25) is 0 Å². The topological polar surface area (TPSA) is 0 Å². The molecule has 0 rings (SSSR count). The molecule has 0 heterocycles. The van der Waals surface area contributed by atoms with E-state index in [1.54, 1.807) is 0 Å². The van der Waals surface area contributed by atoms with Crippen molar-refractivity contribution in [1.29, 1.82) is 0 Å². The fraction of sp³-hybridized carbons (Fsp3) is 0.647. The average Bonchev–Trinajstić information content (AvgIpc) is 2.43. The van der Waals surface area contributed by atoms with Crippen LogP contribution in [0.4, 0.5) is 0 Å². The van der Waals surface area contributed by atoms with Crippen molar-refractivity contribution in [2.45, 2.75) is 75.2 Å². The molecular formula is C17H36. The molecule has 0 radical (unpaired) electrons. The summed E-state index contributed by atoms with van der Waals surface area (Å²) in [5, 5.41) is 0. The summed E-state index contributed by atoms with van der Waals surface area (Å²) in [6.07, 6.45) is 8.54. The lowest BCUT2D eigenvalue weighted by molar-refractivity contribution is 0.949. The van der Waals surface area contributed by atoms with Crippen LogP contribution < -0.4 is 0 Å². The second-order valence-electron chi connectivity index (χ2n) is 2.76. The highest BCUT2D eigenvalue weighted by molar-refractivity contribution is 5.29. The molecule has 0 bridgehead atoms. The van der Waals surface area contributed by atoms with Gasteiger partial charge in [0.15, 0.2) is 0 Å². The second kappa shape index (κ2) is 29.5. The Hall–Kier alpha value is -0.780. The smallest absolute Gasteiger partial charge is 0.0348 e. The molecule has 0 saturated heterocycles. The summed E-state index contributed by atoms with van der Waals surface area (Å²) < 4.78 is 0. The van der Waals surface area contributed by atoms with Gasteiger partial charge in [0, 0.05) is 0 Å². The summed E-state index contributed by atoms with van der Waals surface area (Å²) in [6, 6.07) is 0. The van der Waals surface area contributed by atoms with Crippen LogP contribution in [-0.2, 0) is 0 Å². The van der Waals surface area contributed by atoms with Crippen molar-refractivity contribution in [2.75, 3.05) is 0 Å². The van der Waals surface area contributed by atoms with Crippen molar-refractivity contribution in [2.24, 2.45) is 0 Å². The van der Waals surface area contributed by atoms with Crippen LogP contribution in [0.2, 0.25) is 0 Å². The van der Waals surface area contributed by atoms with E-state index < -0.39 is 0 Å². The van der Waals surface area contributed by atoms with Crippen LogP contribution in [0.3, 0.4) is 0 Å². The first-order valence-corrected chi connectivity index (χ1v) is 7.18. The molecule has 0 N–H and O–H groups in total. The monoisotopic (exact) mass is 240 g/mol. The predicted octanol–water partition coefficient (Wildman–Crippen LogP) is 6.94. The molecule has 0 spiro atoms. The Morgan fingerprint density at radius 2 is 1.29 bits per heavy atom. The Kier molecular flexibility index (Phi) is 43.6. The van der Waals surface area contributed by atoms with Crippen molar-refractivity contribution in [3.63, 3.8) is 0 Å². The molecule has 0 aromatic carbocycles. The van der Waals surface area contributed by atoms with E-state index in [0.29, 0.717) is 0 Å². The van der Waals surface area contributed by atoms with Gasteiger partial charge in [0.25, 0.3) is 0 Å². The van der Waals surface area contributed by atoms with E-state index >= 15 is 0 Å². The summed E-state index contributed by atoms with van der Waals surface area (Å²) in [7, 11) is 0. The lowest BCUT2D eigenvalue weighted by Gasteiger charge is -1.98. The lowest BCUT2D eigenvalue weighted by atomic mass is 10.1. The predicted molar refractivity (Wildman–Crippen MR) is 86.7 cm³/mol. The number of unbranched alkanes of at least 4 members (excludes halogenated alkanes) is 1. The van der Waals surface area contributed by atoms with Gasteiger partial charge in [0.1, 0.15) is 0 Å². The van der Waals surface area contributed by atoms with Gasteiger partial charge in [-0.1, -0.05) is 85.3 Å². The lowest BCUT2D eigenvalue weighted by Crippen LogP contribution is -1.78. The molecule has 17 heavy (non-hydrogen) atoms. The normalized spacial score (nSPS) is 9.71. The van der Waals surface area contributed by atoms with E-state index in [1.165, 1.54) is 24.0 Å². The molecule has 0 aromatic rings. The third-order valence-corrected chi connectivity index (χ3v) is 1.73. The first-order chi connectivity index (χ1) is 8.22. The number of rotatable bonds is 4. The maximum atomic E-state index is 3.66. The largest absolute Gasteiger partial charge is 0.0991 e. The Morgan fingerprint density at radius 1 is 0.882 bits per heavy atom. The first kappa shape index (κ1) is 25.2. The van der Waals surface area contributed by atoms with Gasteiger partial charge in [-0.15, -0.1) is 0 Å². The highest BCUT2D eigenvalue weighted by atomic mass is 13.9. The molecule has 0 aliphatic carbocycles. The van der Waals surface area contributed by atoms with Crippen molar-refractivity contribution >= 4 is 0 Å². The van der Waals surface area contributed by atoms with E-state index in [2.05, 4.69) is 33.4 Å². The fourth-order valence-electron chi connectivity index (χ4n) is 0.830. The third kappa shape index (κ3) is 25.5. The van der Waals surface area contributed by atoms with Gasteiger partial charge in [0.05, 0.1) is 0 Å². The zero-order valence-electron chi connectivity index (χ0n) is 13.9. The minimum atomic E-state index is 1.17. The summed E-state index contributed by atoms with van der Waals surface area (Å²) in [4.78, 5) is 0. The van der Waals surface area contributed by atoms with Gasteiger partial charge in [0.2, 0.25) is 0 Å². The SMILES string of the molecule is C=C/C=C(C)\C(C)=C/CCC.CC.CC.CC. The standard InChI is InChI=1S/C11H18.3C2H6/c1-5-7-9-11(4)10(3)8-6-2;3*1-2/h6,8-9H,2,5,7H2,1,3-4H3;3*1-2H3/b10-8-,11-9-;;;. The van der Waals surface area contributed by atoms with Gasteiger partial charge >= 0.3 is 0 Å². The highest BCUT2D eigenvalue weighted by Crippen LogP contribution is 2.09. The van der Waals surface area contributed by atoms with Crippen LogP contribution in [0.5, 0.6) is 0 Å². The molecule has 0 aromatic heterocycles. The van der Waals surface area contributed by atoms with Crippen molar-refractivity contribution in [3.8, 4) is 0 Å². The highest BCUT2D eigenvalue weighted by Gasteiger charge is 1.88. The summed E-state index contributed by atoms with van der Waals surface area (Å²) in [5.74, 6) is 0. The molecule has 0 amide bonds. The van der Waals surface area contributed by atoms with Crippen molar-refractivity contribution in [3.05, 3.63) is 36.0 Å². The molecule has 0 heteroatoms. The molecule has 0 aliphatic heterocycles. The minimum absolute atomic E-state index is 1.17. The second-order valence-corrected chi connectivity index (χ2v) is 2.76. The van der Waals surface area contributed by atoms with Crippen molar-refractivity contribution in [1.82, 2.24) is 0 Å². The summed E-state index contributed by atoms with van der Waals surface area (Å²) in [6.45, 7) is 22.1. The zero-order valence-corrected chi connectivity index (χ0v) is 13.9. The van der Waals surface area contributed by atoms with E-state index in [-0.39, 0.29) is 0 Å². The Morgan fingerprint density at radius 3 is 1.59 bits per heavy atom. The van der Waals surface area contributed by atoms with Crippen LogP contribution >= 0.6 is 0 Å². The molecule has 0 nitrogen and oxygen atoms in total. The molecule has 0 unspecified atom stereocenters. The van der Waals surface area contributed by atoms with Crippen molar-refractivity contribution < 1.29 is 0 Å². The van der Waals surface area contributed by atoms with Crippen LogP contribution in [0.15, 0.2) is 36.0 Å². The fourth-order valence-corrected chi connectivity index (χ4v) is 0.830. The molecule has 0 fully saturated rings. The van der Waals surface area contributed by atoms with Gasteiger partial charge in [-0.05, 0) is 25.8 Å². The van der Waals surface area contributed by atoms with E-state index in [0.717, 1.165) is 0 Å². The average molecular weight is 240 g/mol. The minimum Gasteiger partial charge on any atom is -0.0991 e. The molecule has 104 valence electrons. The Balaban J connectivity index is -0.000000121. The number of hydrogen-bond donors (Lipinski definition) is 0. The third-order valence-electron chi connectivity index (χ3n) is 1.73. The summed E-state index contributed by atoms with van der Waals surface area (Å²) >= 11 is 0. The quantitative estimate of drug-likeness (QED) is 0.467. The van der Waals surface area contributed by atoms with E-state index in [9.17, 15) is 0 Å². The van der Waals surface area contributed by atoms with Gasteiger partial charge in [-0.2, -0.15) is 0 Å². The van der Waals surface area contributed by atoms with Crippen LogP contribution in [0.1, 0.15) is 75.2 Å². The maximum Gasteiger partial charge on any atom is -0.0348 e. The van der Waals surface area contributed by atoms with Crippen LogP contribution in [0, 0.1) is 0 Å². The van der Waals surface area contributed by atoms with E-state index in [4.69, 9.17) is 0 Å². The Labute approximate surface area is 112 Å². The van der Waals surface area contributed by atoms with E-state index in [1.807, 2.05) is 53.7 Å². The zero-order chi connectivity index (χ0) is 14.7. The molecule has 0 saturated carbocycles. The first-order valence-electron chi connectivity index (χ1n) is 7.18. The maximum absolute atomic E-state index is 3.66. The molecule has 0 atom stereocenters. The van der Waals surface area contributed by atoms with Gasteiger partial charge in [-0.25, -0.2) is 0 Å².